The predicted octanol–water partition coefficient (Wildman–Crippen LogP) is 3.36. The number of aryl methyl sites for hydroxylation is 1. The van der Waals surface area contributed by atoms with Crippen molar-refractivity contribution >= 4 is 27.5 Å². The lowest BCUT2D eigenvalue weighted by molar-refractivity contribution is 0.816. The van der Waals surface area contributed by atoms with Gasteiger partial charge in [-0.2, -0.15) is 5.10 Å². The maximum atomic E-state index is 6.16. The highest BCUT2D eigenvalue weighted by atomic mass is 79.9. The van der Waals surface area contributed by atoms with Crippen LogP contribution in [-0.4, -0.2) is 9.78 Å². The summed E-state index contributed by atoms with van der Waals surface area (Å²) >= 11 is 9.66. The third kappa shape index (κ3) is 2.12. The van der Waals surface area contributed by atoms with Gasteiger partial charge in [0, 0.05) is 16.6 Å². The molecule has 17 heavy (non-hydrogen) atoms. The first-order chi connectivity index (χ1) is 8.06. The summed E-state index contributed by atoms with van der Waals surface area (Å²) in [6.45, 7) is 4.29. The van der Waals surface area contributed by atoms with Gasteiger partial charge < -0.3 is 5.73 Å². The molecule has 2 aromatic rings. The van der Waals surface area contributed by atoms with Crippen molar-refractivity contribution in [3.8, 4) is 5.69 Å². The highest BCUT2D eigenvalue weighted by Crippen LogP contribution is 2.27. The molecule has 2 rings (SSSR count). The van der Waals surface area contributed by atoms with Crippen LogP contribution in [0.15, 0.2) is 22.7 Å². The molecule has 1 aromatic carbocycles. The Bertz CT molecular complexity index is 563. The molecule has 1 aromatic heterocycles. The number of hydrogen-bond donors (Lipinski definition) is 1. The zero-order chi connectivity index (χ0) is 12.6. The number of halogens is 2. The summed E-state index contributed by atoms with van der Waals surface area (Å²) in [6.07, 6.45) is 0. The van der Waals surface area contributed by atoms with E-state index >= 15 is 0 Å². The van der Waals surface area contributed by atoms with Crippen LogP contribution >= 0.6 is 27.5 Å². The summed E-state index contributed by atoms with van der Waals surface area (Å²) < 4.78 is 2.83. The highest BCUT2D eigenvalue weighted by molar-refractivity contribution is 9.10. The molecule has 0 aliphatic rings. The van der Waals surface area contributed by atoms with Gasteiger partial charge in [-0.15, -0.1) is 0 Å². The zero-order valence-corrected chi connectivity index (χ0v) is 12.0. The van der Waals surface area contributed by atoms with Crippen molar-refractivity contribution in [2.45, 2.75) is 20.4 Å². The van der Waals surface area contributed by atoms with E-state index in [0.717, 1.165) is 27.1 Å². The van der Waals surface area contributed by atoms with Gasteiger partial charge in [0.1, 0.15) is 0 Å². The Balaban J connectivity index is 2.68. The molecule has 0 amide bonds. The lowest BCUT2D eigenvalue weighted by atomic mass is 10.2. The number of hydrogen-bond acceptors (Lipinski definition) is 2. The van der Waals surface area contributed by atoms with Gasteiger partial charge in [-0.25, -0.2) is 4.68 Å². The van der Waals surface area contributed by atoms with Crippen molar-refractivity contribution in [1.82, 2.24) is 9.78 Å². The van der Waals surface area contributed by atoms with Crippen molar-refractivity contribution in [3.63, 3.8) is 0 Å². The molecule has 0 atom stereocenters. The smallest absolute Gasteiger partial charge is 0.0848 e. The standard InChI is InChI=1S/C12H13BrClN3/c1-7-12(14)8(2)17(16-7)11-5-3-4-10(13)9(11)6-15/h3-5H,6,15H2,1-2H3. The third-order valence-corrected chi connectivity index (χ3v) is 4.02. The molecule has 0 unspecified atom stereocenters. The van der Waals surface area contributed by atoms with E-state index in [2.05, 4.69) is 21.0 Å². The van der Waals surface area contributed by atoms with E-state index in [0.29, 0.717) is 11.6 Å². The van der Waals surface area contributed by atoms with Gasteiger partial charge in [0.25, 0.3) is 0 Å². The minimum atomic E-state index is 0.451. The molecule has 5 heteroatoms. The fourth-order valence-corrected chi connectivity index (χ4v) is 2.44. The van der Waals surface area contributed by atoms with Crippen LogP contribution in [0.2, 0.25) is 5.02 Å². The Morgan fingerprint density at radius 3 is 2.65 bits per heavy atom. The van der Waals surface area contributed by atoms with Gasteiger partial charge in [-0.3, -0.25) is 0 Å². The Kier molecular flexibility index (Phi) is 3.56. The zero-order valence-electron chi connectivity index (χ0n) is 9.67. The van der Waals surface area contributed by atoms with E-state index in [1.165, 1.54) is 0 Å². The van der Waals surface area contributed by atoms with Crippen LogP contribution in [0.5, 0.6) is 0 Å². The summed E-state index contributed by atoms with van der Waals surface area (Å²) in [4.78, 5) is 0. The fraction of sp³-hybridized carbons (Fsp3) is 0.250. The van der Waals surface area contributed by atoms with Crippen LogP contribution in [0.4, 0.5) is 0 Å². The number of benzene rings is 1. The average molecular weight is 315 g/mol. The topological polar surface area (TPSA) is 43.8 Å². The summed E-state index contributed by atoms with van der Waals surface area (Å²) in [7, 11) is 0. The molecule has 1 heterocycles. The molecule has 0 bridgehead atoms. The Morgan fingerprint density at radius 2 is 2.12 bits per heavy atom. The number of aromatic nitrogens is 2. The van der Waals surface area contributed by atoms with E-state index in [1.807, 2.05) is 36.7 Å². The summed E-state index contributed by atoms with van der Waals surface area (Å²) in [6, 6.07) is 5.92. The number of nitrogens with zero attached hydrogens (tertiary/aromatic N) is 2. The van der Waals surface area contributed by atoms with Crippen LogP contribution < -0.4 is 5.73 Å². The summed E-state index contributed by atoms with van der Waals surface area (Å²) in [5, 5.41) is 5.14. The SMILES string of the molecule is Cc1nn(-c2cccc(Br)c2CN)c(C)c1Cl. The summed E-state index contributed by atoms with van der Waals surface area (Å²) in [5.41, 5.74) is 9.52. The molecular formula is C12H13BrClN3. The molecule has 0 fully saturated rings. The van der Waals surface area contributed by atoms with Gasteiger partial charge in [-0.05, 0) is 26.0 Å². The molecule has 0 aliphatic carbocycles. The molecule has 0 radical (unpaired) electrons. The molecular weight excluding hydrogens is 302 g/mol. The monoisotopic (exact) mass is 313 g/mol. The van der Waals surface area contributed by atoms with Crippen LogP contribution in [0, 0.1) is 13.8 Å². The highest BCUT2D eigenvalue weighted by Gasteiger charge is 2.14. The van der Waals surface area contributed by atoms with E-state index in [-0.39, 0.29) is 0 Å². The fourth-order valence-electron chi connectivity index (χ4n) is 1.81. The van der Waals surface area contributed by atoms with Gasteiger partial charge in [-0.1, -0.05) is 33.6 Å². The predicted molar refractivity (Wildman–Crippen MR) is 73.6 cm³/mol. The van der Waals surface area contributed by atoms with E-state index in [1.54, 1.807) is 0 Å². The number of rotatable bonds is 2. The van der Waals surface area contributed by atoms with Crippen molar-refractivity contribution in [1.29, 1.82) is 0 Å². The minimum absolute atomic E-state index is 0.451. The number of nitrogens with two attached hydrogens (primary N) is 1. The minimum Gasteiger partial charge on any atom is -0.326 e. The molecule has 90 valence electrons. The van der Waals surface area contributed by atoms with E-state index < -0.39 is 0 Å². The molecule has 0 aliphatic heterocycles. The first-order valence-corrected chi connectivity index (χ1v) is 6.43. The van der Waals surface area contributed by atoms with Crippen molar-refractivity contribution in [2.75, 3.05) is 0 Å². The first kappa shape index (κ1) is 12.6. The van der Waals surface area contributed by atoms with Gasteiger partial charge in [0.05, 0.1) is 22.1 Å². The largest absolute Gasteiger partial charge is 0.326 e. The second-order valence-electron chi connectivity index (χ2n) is 3.84. The van der Waals surface area contributed by atoms with Gasteiger partial charge in [0.2, 0.25) is 0 Å². The van der Waals surface area contributed by atoms with Crippen LogP contribution in [0.3, 0.4) is 0 Å². The molecule has 3 nitrogen and oxygen atoms in total. The normalized spacial score (nSPS) is 10.9. The molecule has 2 N–H and O–H groups in total. The van der Waals surface area contributed by atoms with E-state index in [9.17, 15) is 0 Å². The Hall–Kier alpha value is -0.840. The first-order valence-electron chi connectivity index (χ1n) is 5.25. The van der Waals surface area contributed by atoms with Crippen LogP contribution in [-0.2, 0) is 6.54 Å². The lowest BCUT2D eigenvalue weighted by Crippen LogP contribution is -2.07. The van der Waals surface area contributed by atoms with Crippen LogP contribution in [0.1, 0.15) is 17.0 Å². The van der Waals surface area contributed by atoms with Gasteiger partial charge >= 0.3 is 0 Å². The van der Waals surface area contributed by atoms with Crippen LogP contribution in [0.25, 0.3) is 5.69 Å². The summed E-state index contributed by atoms with van der Waals surface area (Å²) in [5.74, 6) is 0. The quantitative estimate of drug-likeness (QED) is 0.923. The maximum absolute atomic E-state index is 6.16. The Labute approximate surface area is 114 Å². The lowest BCUT2D eigenvalue weighted by Gasteiger charge is -2.11. The molecule has 0 saturated carbocycles. The van der Waals surface area contributed by atoms with Gasteiger partial charge in [0.15, 0.2) is 0 Å². The van der Waals surface area contributed by atoms with E-state index in [4.69, 9.17) is 17.3 Å². The second-order valence-corrected chi connectivity index (χ2v) is 5.07. The molecule has 0 spiro atoms. The molecule has 0 saturated heterocycles. The second kappa shape index (κ2) is 4.80. The van der Waals surface area contributed by atoms with Crippen molar-refractivity contribution < 1.29 is 0 Å². The van der Waals surface area contributed by atoms with Crippen molar-refractivity contribution in [3.05, 3.63) is 44.6 Å². The Morgan fingerprint density at radius 1 is 1.41 bits per heavy atom. The average Bonchev–Trinajstić information content (AvgIpc) is 2.56. The maximum Gasteiger partial charge on any atom is 0.0848 e. The third-order valence-electron chi connectivity index (χ3n) is 2.73. The van der Waals surface area contributed by atoms with Crippen molar-refractivity contribution in [2.24, 2.45) is 5.73 Å².